The summed E-state index contributed by atoms with van der Waals surface area (Å²) in [4.78, 5) is 26.6. The number of benzene rings is 1. The van der Waals surface area contributed by atoms with Crippen molar-refractivity contribution in [2.45, 2.75) is 83.0 Å². The van der Waals surface area contributed by atoms with Gasteiger partial charge in [-0.3, -0.25) is 14.8 Å². The first kappa shape index (κ1) is 36.9. The molecular weight excluding hydrogens is 658 g/mol. The summed E-state index contributed by atoms with van der Waals surface area (Å²) >= 11 is 10.5. The van der Waals surface area contributed by atoms with Gasteiger partial charge in [0, 0.05) is 52.5 Å². The molecule has 1 aliphatic heterocycles. The van der Waals surface area contributed by atoms with Gasteiger partial charge >= 0.3 is 0 Å². The molecule has 0 bridgehead atoms. The number of fused-ring (bicyclic) bond motifs is 1. The van der Waals surface area contributed by atoms with Gasteiger partial charge in [-0.1, -0.05) is 38.8 Å². The predicted molar refractivity (Wildman–Crippen MR) is 189 cm³/mol. The molecular formula is C35H41ClF2N6O3S. The number of aromatic nitrogens is 2. The highest BCUT2D eigenvalue weighted by Gasteiger charge is 2.52. The zero-order chi connectivity index (χ0) is 35.2. The van der Waals surface area contributed by atoms with Gasteiger partial charge in [0.05, 0.1) is 40.9 Å². The molecule has 3 aliphatic rings. The molecule has 13 heteroatoms. The Kier molecular flexibility index (Phi) is 12.3. The van der Waals surface area contributed by atoms with E-state index in [9.17, 15) is 9.18 Å². The van der Waals surface area contributed by atoms with Crippen molar-refractivity contribution in [1.82, 2.24) is 15.3 Å². The van der Waals surface area contributed by atoms with Crippen LogP contribution in [0.1, 0.15) is 104 Å². The second-order valence-electron chi connectivity index (χ2n) is 11.8. The molecule has 3 aromatic rings. The molecule has 0 radical (unpaired) electrons. The number of thiol groups is 1. The van der Waals surface area contributed by atoms with Gasteiger partial charge in [-0.2, -0.15) is 0 Å². The zero-order valence-corrected chi connectivity index (χ0v) is 29.0. The fourth-order valence-electron chi connectivity index (χ4n) is 5.37. The van der Waals surface area contributed by atoms with Crippen LogP contribution in [0.4, 0.5) is 14.5 Å². The number of hydrogen-bond acceptors (Lipinski definition) is 9. The Morgan fingerprint density at radius 1 is 1.31 bits per heavy atom. The number of pyridine rings is 2. The van der Waals surface area contributed by atoms with Crippen molar-refractivity contribution in [1.29, 1.82) is 0 Å². The number of carbonyl (C=O) groups is 1. The lowest BCUT2D eigenvalue weighted by molar-refractivity contribution is 0.0938. The minimum Gasteiger partial charge on any atom is -0.490 e. The fourth-order valence-corrected chi connectivity index (χ4v) is 5.91. The van der Waals surface area contributed by atoms with Crippen LogP contribution < -0.4 is 21.5 Å². The first-order valence-corrected chi connectivity index (χ1v) is 16.6. The van der Waals surface area contributed by atoms with Crippen LogP contribution in [0.5, 0.6) is 5.75 Å². The van der Waals surface area contributed by atoms with Crippen molar-refractivity contribution < 1.29 is 22.5 Å². The number of amides is 1. The molecule has 1 aromatic carbocycles. The average molecular weight is 699 g/mol. The Balaban J connectivity index is 0.000000986. The first-order chi connectivity index (χ1) is 23.0. The monoisotopic (exact) mass is 698 g/mol. The van der Waals surface area contributed by atoms with Crippen molar-refractivity contribution in [2.75, 3.05) is 18.9 Å². The smallest absolute Gasteiger partial charge is 0.251 e. The van der Waals surface area contributed by atoms with E-state index in [1.165, 1.54) is 19.1 Å². The Morgan fingerprint density at radius 3 is 2.60 bits per heavy atom. The van der Waals surface area contributed by atoms with E-state index >= 15 is 4.39 Å². The van der Waals surface area contributed by atoms with Crippen LogP contribution in [0.2, 0.25) is 5.02 Å². The lowest BCUT2D eigenvalue weighted by Gasteiger charge is -2.26. The van der Waals surface area contributed by atoms with Gasteiger partial charge in [-0.05, 0) is 75.8 Å². The van der Waals surface area contributed by atoms with Gasteiger partial charge in [0.25, 0.3) is 5.91 Å². The van der Waals surface area contributed by atoms with E-state index in [0.717, 1.165) is 24.6 Å². The molecule has 2 fully saturated rings. The van der Waals surface area contributed by atoms with Gasteiger partial charge in [0.2, 0.25) is 0 Å². The van der Waals surface area contributed by atoms with Crippen LogP contribution in [0.25, 0.3) is 11.3 Å². The van der Waals surface area contributed by atoms with Crippen LogP contribution in [-0.4, -0.2) is 46.9 Å². The summed E-state index contributed by atoms with van der Waals surface area (Å²) in [7, 11) is 0. The fraction of sp³-hybridized carbons (Fsp3) is 0.429. The van der Waals surface area contributed by atoms with Crippen molar-refractivity contribution in [3.05, 3.63) is 69.4 Å². The molecule has 1 amide bonds. The van der Waals surface area contributed by atoms with Crippen molar-refractivity contribution in [2.24, 2.45) is 10.7 Å². The van der Waals surface area contributed by atoms with E-state index in [4.69, 9.17) is 31.2 Å². The average Bonchev–Trinajstić information content (AvgIpc) is 4.02. The van der Waals surface area contributed by atoms with Gasteiger partial charge in [0.1, 0.15) is 17.6 Å². The molecule has 5 N–H and O–H groups in total. The summed E-state index contributed by atoms with van der Waals surface area (Å²) in [6, 6.07) is 8.52. The summed E-state index contributed by atoms with van der Waals surface area (Å²) in [6.45, 7) is 7.89. The SMILES string of the molecule is C#CN.CC.CC(F)c1cc(-c2nc(C(CNC(=O)c3cc(Cl)c(N)c(C=NC4CC4)c3)C3(OS)CC3)cc3c2OCC3C)c(F)cn1. The largest absolute Gasteiger partial charge is 0.490 e. The molecule has 6 rings (SSSR count). The first-order valence-electron chi connectivity index (χ1n) is 15.9. The van der Waals surface area contributed by atoms with Crippen LogP contribution in [0.3, 0.4) is 0 Å². The maximum atomic E-state index is 15.2. The van der Waals surface area contributed by atoms with E-state index in [0.29, 0.717) is 47.7 Å². The highest BCUT2D eigenvalue weighted by molar-refractivity contribution is 7.75. The van der Waals surface area contributed by atoms with E-state index in [2.05, 4.69) is 40.4 Å². The molecule has 0 spiro atoms. The van der Waals surface area contributed by atoms with Gasteiger partial charge in [-0.25, -0.2) is 13.8 Å². The van der Waals surface area contributed by atoms with E-state index in [-0.39, 0.29) is 46.4 Å². The molecule has 3 heterocycles. The Labute approximate surface area is 290 Å². The Bertz CT molecular complexity index is 1710. The quantitative estimate of drug-likeness (QED) is 0.0443. The van der Waals surface area contributed by atoms with E-state index in [1.54, 1.807) is 18.3 Å². The van der Waals surface area contributed by atoms with Crippen molar-refractivity contribution in [3.8, 4) is 29.5 Å². The third-order valence-corrected chi connectivity index (χ3v) is 9.02. The number of nitrogen functional groups attached to an aromatic ring is 1. The summed E-state index contributed by atoms with van der Waals surface area (Å²) in [5.74, 6) is -0.972. The molecule has 0 saturated heterocycles. The number of anilines is 1. The molecule has 2 aromatic heterocycles. The molecule has 3 unspecified atom stereocenters. The lowest BCUT2D eigenvalue weighted by Crippen LogP contribution is -2.35. The number of rotatable bonds is 10. The van der Waals surface area contributed by atoms with E-state index < -0.39 is 23.5 Å². The lowest BCUT2D eigenvalue weighted by atomic mass is 9.91. The number of carbonyl (C=O) groups excluding carboxylic acids is 1. The number of alkyl halides is 1. The van der Waals surface area contributed by atoms with Crippen LogP contribution in [0, 0.1) is 18.3 Å². The molecule has 2 aliphatic carbocycles. The number of aliphatic imine (C=N–C) groups is 1. The minimum atomic E-state index is -1.40. The topological polar surface area (TPSA) is 138 Å². The molecule has 3 atom stereocenters. The molecule has 2 saturated carbocycles. The number of nitrogens with two attached hydrogens (primary N) is 2. The maximum absolute atomic E-state index is 15.2. The standard InChI is InChI=1S/C31H32ClF2N5O3S.C2H3N.C2H6/c1-15-14-41-29-20(15)9-26(39-28(29)21-10-25(16(2)33)37-13-24(21)34)22(31(42-43)5-6-31)12-38-30(40)17-7-18(11-36-19-3-4-19)27(35)23(32)8-17;1-2-3;1-2/h7-11,13,15-16,19,22,43H,3-6,12,14,35H2,1-2H3,(H,38,40);1H,3H2;1-2H3. The van der Waals surface area contributed by atoms with E-state index in [1.807, 2.05) is 26.8 Å². The maximum Gasteiger partial charge on any atom is 0.251 e. The summed E-state index contributed by atoms with van der Waals surface area (Å²) < 4.78 is 40.9. The molecule has 48 heavy (non-hydrogen) atoms. The normalized spacial score (nSPS) is 18.2. The van der Waals surface area contributed by atoms with Crippen molar-refractivity contribution >= 4 is 42.3 Å². The van der Waals surface area contributed by atoms with Crippen LogP contribution in [0.15, 0.2) is 35.5 Å². The number of ether oxygens (including phenoxy) is 1. The second kappa shape index (κ2) is 16.0. The summed E-state index contributed by atoms with van der Waals surface area (Å²) in [5.41, 5.74) is 13.0. The zero-order valence-electron chi connectivity index (χ0n) is 27.4. The third kappa shape index (κ3) is 8.20. The highest BCUT2D eigenvalue weighted by Crippen LogP contribution is 2.52. The highest BCUT2D eigenvalue weighted by atomic mass is 35.5. The number of hydrogen-bond donors (Lipinski definition) is 4. The van der Waals surface area contributed by atoms with Crippen molar-refractivity contribution in [3.63, 3.8) is 0 Å². The minimum absolute atomic E-state index is 0.00919. The molecule has 256 valence electrons. The Morgan fingerprint density at radius 2 is 2.00 bits per heavy atom. The number of halogens is 3. The predicted octanol–water partition coefficient (Wildman–Crippen LogP) is 7.10. The number of terminal acetylenes is 1. The third-order valence-electron chi connectivity index (χ3n) is 8.35. The van der Waals surface area contributed by atoms with Crippen LogP contribution in [-0.2, 0) is 4.18 Å². The Hall–Kier alpha value is -3.92. The van der Waals surface area contributed by atoms with Gasteiger partial charge in [0.15, 0.2) is 5.82 Å². The number of nitrogens with one attached hydrogen (secondary N) is 1. The van der Waals surface area contributed by atoms with Crippen LogP contribution >= 0.6 is 24.5 Å². The second-order valence-corrected chi connectivity index (χ2v) is 12.4. The number of nitrogens with zero attached hydrogens (tertiary/aromatic N) is 3. The molecule has 9 nitrogen and oxygen atoms in total. The van der Waals surface area contributed by atoms with Gasteiger partial charge in [-0.15, -0.1) is 0 Å². The summed E-state index contributed by atoms with van der Waals surface area (Å²) in [6.07, 6.45) is 9.10. The summed E-state index contributed by atoms with van der Waals surface area (Å²) in [5, 5.41) is 3.26. The van der Waals surface area contributed by atoms with Gasteiger partial charge < -0.3 is 25.7 Å².